The Hall–Kier alpha value is -7.32. The molecule has 0 aliphatic heterocycles. The summed E-state index contributed by atoms with van der Waals surface area (Å²) in [5.41, 5.74) is 5.28. The number of hydrogen-bond donors (Lipinski definition) is 2. The Balaban J connectivity index is 1.70. The number of hydrogen-bond acceptors (Lipinski definition) is 8. The summed E-state index contributed by atoms with van der Waals surface area (Å²) in [6, 6.07) is 45.5. The minimum absolute atomic E-state index is 0.0363. The molecule has 0 saturated carbocycles. The van der Waals surface area contributed by atoms with Gasteiger partial charge in [-0.3, -0.25) is 19.9 Å². The van der Waals surface area contributed by atoms with Crippen LogP contribution in [0.15, 0.2) is 170 Å². The molecule has 264 valence electrons. The van der Waals surface area contributed by atoms with Crippen LogP contribution in [0, 0.1) is 0 Å². The second-order valence-electron chi connectivity index (χ2n) is 12.2. The number of rotatable bonds is 6. The predicted molar refractivity (Wildman–Crippen MR) is 215 cm³/mol. The van der Waals surface area contributed by atoms with E-state index in [4.69, 9.17) is 29.4 Å². The van der Waals surface area contributed by atoms with E-state index in [-0.39, 0.29) is 11.5 Å². The van der Waals surface area contributed by atoms with Crippen LogP contribution in [-0.2, 0) is 0 Å². The lowest BCUT2D eigenvalue weighted by Crippen LogP contribution is -1.91. The number of aromatic nitrogens is 4. The smallest absolute Gasteiger partial charge is 0.133 e. The molecule has 0 spiro atoms. The third-order valence-electron chi connectivity index (χ3n) is 8.72. The molecule has 8 heteroatoms. The molecule has 0 fully saturated rings. The van der Waals surface area contributed by atoms with Crippen LogP contribution in [-0.4, -0.2) is 44.4 Å². The van der Waals surface area contributed by atoms with Gasteiger partial charge in [-0.15, -0.1) is 0 Å². The summed E-state index contributed by atoms with van der Waals surface area (Å²) in [6.45, 7) is 0. The van der Waals surface area contributed by atoms with Crippen LogP contribution in [0.1, 0.15) is 0 Å². The topological polar surface area (TPSA) is 110 Å². The largest absolute Gasteiger partial charge is 0.507 e. The van der Waals surface area contributed by atoms with Gasteiger partial charge in [0.25, 0.3) is 0 Å². The molecule has 4 bridgehead atoms. The fourth-order valence-corrected chi connectivity index (χ4v) is 5.94. The number of methoxy groups -OCH3 is 2. The molecule has 2 N–H and O–H groups in total. The van der Waals surface area contributed by atoms with Crippen molar-refractivity contribution in [2.75, 3.05) is 14.2 Å². The average Bonchev–Trinajstić information content (AvgIpc) is 3.23. The summed E-state index contributed by atoms with van der Waals surface area (Å²) in [4.78, 5) is 20.0. The van der Waals surface area contributed by atoms with E-state index in [0.717, 1.165) is 22.3 Å². The molecule has 6 aromatic carbocycles. The number of phenols is 2. The van der Waals surface area contributed by atoms with Gasteiger partial charge in [-0.25, -0.2) is 0 Å². The third kappa shape index (κ3) is 7.78. The molecule has 7 aromatic rings. The first-order valence-corrected chi connectivity index (χ1v) is 17.2. The van der Waals surface area contributed by atoms with E-state index < -0.39 is 0 Å². The van der Waals surface area contributed by atoms with Gasteiger partial charge in [0.15, 0.2) is 0 Å². The second-order valence-corrected chi connectivity index (χ2v) is 12.2. The molecule has 0 saturated heterocycles. The van der Waals surface area contributed by atoms with E-state index in [1.807, 2.05) is 121 Å². The predicted octanol–water partition coefficient (Wildman–Crippen LogP) is 10.5. The number of aromatic hydroxyl groups is 2. The van der Waals surface area contributed by atoms with E-state index >= 15 is 0 Å². The Morgan fingerprint density at radius 3 is 0.778 bits per heavy atom. The molecule has 54 heavy (non-hydrogen) atoms. The zero-order valence-corrected chi connectivity index (χ0v) is 29.7. The van der Waals surface area contributed by atoms with Crippen molar-refractivity contribution < 1.29 is 19.7 Å². The van der Waals surface area contributed by atoms with Crippen molar-refractivity contribution in [3.63, 3.8) is 0 Å². The monoisotopic (exact) mass is 708 g/mol. The van der Waals surface area contributed by atoms with Crippen molar-refractivity contribution in [1.82, 2.24) is 19.9 Å². The number of phenolic OH excluding ortho intramolecular Hbond substituents is 2. The maximum Gasteiger partial charge on any atom is 0.133 e. The Bertz CT molecular complexity index is 2230. The Morgan fingerprint density at radius 1 is 0.352 bits per heavy atom. The average molecular weight is 709 g/mol. The highest BCUT2D eigenvalue weighted by Gasteiger charge is 2.12. The first-order valence-electron chi connectivity index (χ1n) is 17.2. The zero-order chi connectivity index (χ0) is 37.3. The van der Waals surface area contributed by atoms with Crippen LogP contribution in [0.25, 0.3) is 66.6 Å². The summed E-state index contributed by atoms with van der Waals surface area (Å²) >= 11 is 0. The highest BCUT2D eigenvalue weighted by molar-refractivity contribution is 5.85. The highest BCUT2D eigenvalue weighted by Crippen LogP contribution is 2.34. The summed E-state index contributed by atoms with van der Waals surface area (Å²) in [7, 11) is 3.14. The summed E-state index contributed by atoms with van der Waals surface area (Å²) in [6.07, 6.45) is 6.36. The normalized spacial score (nSPS) is 10.6. The molecule has 1 heterocycles. The third-order valence-corrected chi connectivity index (χ3v) is 8.72. The van der Waals surface area contributed by atoms with Crippen molar-refractivity contribution in [3.8, 4) is 68.0 Å². The molecular weight excluding hydrogens is 673 g/mol. The fraction of sp³-hybridized carbons (Fsp3) is 0.0435. The maximum atomic E-state index is 11.7. The quantitative estimate of drug-likeness (QED) is 0.176. The Kier molecular flexibility index (Phi) is 10.6. The van der Waals surface area contributed by atoms with E-state index in [0.29, 0.717) is 55.8 Å². The first-order chi connectivity index (χ1) is 26.5. The number of ether oxygens (including phenoxy) is 2. The van der Waals surface area contributed by atoms with Crippen molar-refractivity contribution >= 4 is 21.5 Å². The highest BCUT2D eigenvalue weighted by atomic mass is 16.5. The van der Waals surface area contributed by atoms with Crippen LogP contribution < -0.4 is 9.47 Å². The van der Waals surface area contributed by atoms with Gasteiger partial charge in [0.05, 0.1) is 37.0 Å². The van der Waals surface area contributed by atoms with Gasteiger partial charge >= 0.3 is 0 Å². The van der Waals surface area contributed by atoms with Gasteiger partial charge in [0, 0.05) is 68.6 Å². The lowest BCUT2D eigenvalue weighted by atomic mass is 10.0. The van der Waals surface area contributed by atoms with Crippen LogP contribution in [0.5, 0.6) is 23.0 Å². The molecule has 0 unspecified atom stereocenters. The van der Waals surface area contributed by atoms with E-state index in [1.165, 1.54) is 0 Å². The summed E-state index contributed by atoms with van der Waals surface area (Å²) < 4.78 is 11.4. The number of fused-ring (bicyclic) bond motifs is 4. The molecular formula is C46H36N4O4. The van der Waals surface area contributed by atoms with Gasteiger partial charge in [0.2, 0.25) is 0 Å². The van der Waals surface area contributed by atoms with Crippen molar-refractivity contribution in [2.24, 2.45) is 0 Å². The Morgan fingerprint density at radius 2 is 0.574 bits per heavy atom. The van der Waals surface area contributed by atoms with Crippen LogP contribution in [0.2, 0.25) is 0 Å². The zero-order valence-electron chi connectivity index (χ0n) is 29.7. The van der Waals surface area contributed by atoms with Crippen LogP contribution in [0.4, 0.5) is 0 Å². The summed E-state index contributed by atoms with van der Waals surface area (Å²) in [5.74, 6) is 0.939. The lowest BCUT2D eigenvalue weighted by Gasteiger charge is -2.08. The van der Waals surface area contributed by atoms with Crippen LogP contribution >= 0.6 is 0 Å². The SMILES string of the molecule is COc1cc2cnc(-c3ccccc3)c(-c3ccccc3)ncc3cc(OC)cc(cnc(-c4ccccc4)c(-c4ccccc4)ncc(c1)c2O)c3O. The van der Waals surface area contributed by atoms with Gasteiger partial charge in [-0.2, -0.15) is 0 Å². The minimum Gasteiger partial charge on any atom is -0.507 e. The molecule has 0 amide bonds. The van der Waals surface area contributed by atoms with E-state index in [1.54, 1.807) is 63.3 Å². The van der Waals surface area contributed by atoms with Gasteiger partial charge in [0.1, 0.15) is 23.0 Å². The Labute approximate surface area is 313 Å². The van der Waals surface area contributed by atoms with Crippen molar-refractivity contribution in [2.45, 2.75) is 0 Å². The first kappa shape index (κ1) is 35.1. The number of nitrogens with zero attached hydrogens (tertiary/aromatic N) is 4. The van der Waals surface area contributed by atoms with Gasteiger partial charge < -0.3 is 19.7 Å². The maximum absolute atomic E-state index is 11.7. The molecule has 0 aliphatic rings. The molecule has 0 radical (unpaired) electrons. The summed E-state index contributed by atoms with van der Waals surface area (Å²) in [5, 5.41) is 25.1. The molecule has 0 aliphatic carbocycles. The fourth-order valence-electron chi connectivity index (χ4n) is 5.94. The molecule has 7 rings (SSSR count). The van der Waals surface area contributed by atoms with Gasteiger partial charge in [-0.05, 0) is 24.3 Å². The second kappa shape index (κ2) is 16.4. The number of benzene rings is 6. The molecule has 0 atom stereocenters. The minimum atomic E-state index is -0.0363. The van der Waals surface area contributed by atoms with Crippen molar-refractivity contribution in [1.29, 1.82) is 0 Å². The standard InChI is InChI=1S/C46H36N4O4/c1-53-39-23-35-27-47-41(31-15-7-3-8-16-31)43(33-19-11-5-12-20-33)49-29-37-25-40(54-2)26-38(46(37)52)30-50-44(34-21-13-6-14-22-34)42(32-17-9-4-10-18-32)48-28-36(24-39)45(35)51/h3-30,51-52H,1-2H3. The molecule has 1 aromatic heterocycles. The lowest BCUT2D eigenvalue weighted by molar-refractivity contribution is 0.414. The molecule has 8 nitrogen and oxygen atoms in total. The van der Waals surface area contributed by atoms with Crippen LogP contribution in [0.3, 0.4) is 0 Å². The van der Waals surface area contributed by atoms with E-state index in [2.05, 4.69) is 0 Å². The van der Waals surface area contributed by atoms with E-state index in [9.17, 15) is 10.2 Å². The van der Waals surface area contributed by atoms with Gasteiger partial charge in [-0.1, -0.05) is 121 Å². The van der Waals surface area contributed by atoms with Crippen molar-refractivity contribution in [3.05, 3.63) is 170 Å².